The van der Waals surface area contributed by atoms with Crippen LogP contribution in [0.2, 0.25) is 0 Å². The van der Waals surface area contributed by atoms with Crippen molar-refractivity contribution in [1.82, 2.24) is 4.90 Å². The van der Waals surface area contributed by atoms with Gasteiger partial charge in [-0.15, -0.1) is 0 Å². The van der Waals surface area contributed by atoms with E-state index in [1.165, 1.54) is 0 Å². The Bertz CT molecular complexity index is 294. The van der Waals surface area contributed by atoms with Gasteiger partial charge >= 0.3 is 0 Å². The molecule has 2 N–H and O–H groups in total. The summed E-state index contributed by atoms with van der Waals surface area (Å²) in [6.45, 7) is 4.78. The van der Waals surface area contributed by atoms with Gasteiger partial charge in [0.2, 0.25) is 11.8 Å². The van der Waals surface area contributed by atoms with E-state index in [2.05, 4.69) is 0 Å². The van der Waals surface area contributed by atoms with Crippen molar-refractivity contribution in [2.45, 2.75) is 58.1 Å². The zero-order chi connectivity index (χ0) is 13.5. The second-order valence-electron chi connectivity index (χ2n) is 4.94. The molecule has 1 fully saturated rings. The van der Waals surface area contributed by atoms with Gasteiger partial charge in [-0.2, -0.15) is 0 Å². The van der Waals surface area contributed by atoms with Crippen molar-refractivity contribution in [3.63, 3.8) is 0 Å². The molecule has 1 saturated heterocycles. The molecule has 18 heavy (non-hydrogen) atoms. The summed E-state index contributed by atoms with van der Waals surface area (Å²) < 4.78 is 5.45. The molecule has 0 radical (unpaired) electrons. The van der Waals surface area contributed by atoms with Crippen LogP contribution in [0.15, 0.2) is 0 Å². The minimum Gasteiger partial charge on any atom is -0.370 e. The number of hydrogen-bond donors (Lipinski definition) is 1. The lowest BCUT2D eigenvalue weighted by molar-refractivity contribution is -0.142. The van der Waals surface area contributed by atoms with Gasteiger partial charge in [-0.25, -0.2) is 0 Å². The number of likely N-dealkylation sites (tertiary alicyclic amines) is 1. The van der Waals surface area contributed by atoms with Crippen LogP contribution in [0.3, 0.4) is 0 Å². The number of amides is 2. The highest BCUT2D eigenvalue weighted by Gasteiger charge is 2.27. The summed E-state index contributed by atoms with van der Waals surface area (Å²) in [5.41, 5.74) is 5.22. The molecule has 0 aromatic rings. The first-order chi connectivity index (χ1) is 8.54. The van der Waals surface area contributed by atoms with Crippen molar-refractivity contribution in [3.8, 4) is 0 Å². The summed E-state index contributed by atoms with van der Waals surface area (Å²) >= 11 is 0. The molecule has 5 nitrogen and oxygen atoms in total. The summed E-state index contributed by atoms with van der Waals surface area (Å²) in [6, 6.07) is -0.0377. The number of rotatable bonds is 6. The lowest BCUT2D eigenvalue weighted by atomic mass is 9.99. The average molecular weight is 256 g/mol. The zero-order valence-electron chi connectivity index (χ0n) is 11.4. The maximum atomic E-state index is 12.1. The highest BCUT2D eigenvalue weighted by atomic mass is 16.5. The van der Waals surface area contributed by atoms with Crippen molar-refractivity contribution in [1.29, 1.82) is 0 Å². The Morgan fingerprint density at radius 2 is 2.17 bits per heavy atom. The van der Waals surface area contributed by atoms with E-state index >= 15 is 0 Å². The number of nitrogens with two attached hydrogens (primary N) is 1. The number of carbonyl (C=O) groups is 2. The van der Waals surface area contributed by atoms with E-state index < -0.39 is 0 Å². The topological polar surface area (TPSA) is 72.6 Å². The Hall–Kier alpha value is -1.10. The van der Waals surface area contributed by atoms with Crippen molar-refractivity contribution in [2.75, 3.05) is 13.2 Å². The molecule has 0 unspecified atom stereocenters. The number of primary amides is 1. The van der Waals surface area contributed by atoms with E-state index in [0.29, 0.717) is 6.54 Å². The van der Waals surface area contributed by atoms with Crippen LogP contribution >= 0.6 is 0 Å². The molecule has 2 amide bonds. The molecule has 1 rings (SSSR count). The molecule has 0 aliphatic carbocycles. The standard InChI is InChI=1S/C13H24N2O3/c1-3-10(2)18-9-13(17)15-7-5-4-6-11(15)8-12(14)16/h10-11H,3-9H2,1-2H3,(H2,14,16)/t10-,11-/m1/s1. The van der Waals surface area contributed by atoms with Crippen LogP contribution in [0.5, 0.6) is 0 Å². The van der Waals surface area contributed by atoms with Gasteiger partial charge in [0.15, 0.2) is 0 Å². The van der Waals surface area contributed by atoms with Crippen LogP contribution in [0.1, 0.15) is 46.0 Å². The minimum absolute atomic E-state index is 0.0266. The Morgan fingerprint density at radius 1 is 1.44 bits per heavy atom. The SMILES string of the molecule is CC[C@@H](C)OCC(=O)N1CCCC[C@@H]1CC(N)=O. The largest absolute Gasteiger partial charge is 0.370 e. The molecule has 0 aromatic heterocycles. The van der Waals surface area contributed by atoms with Gasteiger partial charge in [-0.05, 0) is 32.6 Å². The van der Waals surface area contributed by atoms with E-state index in [0.717, 1.165) is 25.7 Å². The minimum atomic E-state index is -0.345. The summed E-state index contributed by atoms with van der Waals surface area (Å²) in [4.78, 5) is 24.8. The third kappa shape index (κ3) is 4.64. The van der Waals surface area contributed by atoms with Crippen LogP contribution in [-0.2, 0) is 14.3 Å². The van der Waals surface area contributed by atoms with Crippen LogP contribution in [-0.4, -0.2) is 42.0 Å². The first kappa shape index (κ1) is 15.0. The Morgan fingerprint density at radius 3 is 2.78 bits per heavy atom. The number of carbonyl (C=O) groups excluding carboxylic acids is 2. The first-order valence-corrected chi connectivity index (χ1v) is 6.74. The molecule has 1 heterocycles. The summed E-state index contributed by atoms with van der Waals surface area (Å²) in [5, 5.41) is 0. The summed E-state index contributed by atoms with van der Waals surface area (Å²) in [6.07, 6.45) is 4.14. The van der Waals surface area contributed by atoms with Crippen LogP contribution in [0.25, 0.3) is 0 Å². The second kappa shape index (κ2) is 7.36. The van der Waals surface area contributed by atoms with Gasteiger partial charge in [-0.3, -0.25) is 9.59 Å². The fourth-order valence-electron chi connectivity index (χ4n) is 2.19. The maximum Gasteiger partial charge on any atom is 0.248 e. The predicted octanol–water partition coefficient (Wildman–Crippen LogP) is 1.06. The van der Waals surface area contributed by atoms with Gasteiger partial charge < -0.3 is 15.4 Å². The van der Waals surface area contributed by atoms with E-state index in [1.807, 2.05) is 13.8 Å². The average Bonchev–Trinajstić information content (AvgIpc) is 2.35. The van der Waals surface area contributed by atoms with Crippen molar-refractivity contribution in [3.05, 3.63) is 0 Å². The van der Waals surface area contributed by atoms with Gasteiger partial charge in [-0.1, -0.05) is 6.92 Å². The van der Waals surface area contributed by atoms with E-state index in [9.17, 15) is 9.59 Å². The molecule has 0 saturated carbocycles. The first-order valence-electron chi connectivity index (χ1n) is 6.74. The molecular weight excluding hydrogens is 232 g/mol. The quantitative estimate of drug-likeness (QED) is 0.772. The van der Waals surface area contributed by atoms with E-state index in [4.69, 9.17) is 10.5 Å². The molecule has 5 heteroatoms. The fraction of sp³-hybridized carbons (Fsp3) is 0.846. The Balaban J connectivity index is 2.49. The number of ether oxygens (including phenoxy) is 1. The van der Waals surface area contributed by atoms with Crippen LogP contribution in [0.4, 0.5) is 0 Å². The highest BCUT2D eigenvalue weighted by Crippen LogP contribution is 2.19. The van der Waals surface area contributed by atoms with Gasteiger partial charge in [0, 0.05) is 19.0 Å². The summed E-state index contributed by atoms with van der Waals surface area (Å²) in [5.74, 6) is -0.371. The van der Waals surface area contributed by atoms with Crippen LogP contribution < -0.4 is 5.73 Å². The highest BCUT2D eigenvalue weighted by molar-refractivity contribution is 5.80. The molecule has 104 valence electrons. The molecule has 0 bridgehead atoms. The third-order valence-corrected chi connectivity index (χ3v) is 3.45. The number of piperidine rings is 1. The lowest BCUT2D eigenvalue weighted by Crippen LogP contribution is -2.47. The van der Waals surface area contributed by atoms with Gasteiger partial charge in [0.05, 0.1) is 6.10 Å². The van der Waals surface area contributed by atoms with Crippen molar-refractivity contribution in [2.24, 2.45) is 5.73 Å². The Labute approximate surface area is 109 Å². The monoisotopic (exact) mass is 256 g/mol. The third-order valence-electron chi connectivity index (χ3n) is 3.45. The van der Waals surface area contributed by atoms with Gasteiger partial charge in [0.25, 0.3) is 0 Å². The second-order valence-corrected chi connectivity index (χ2v) is 4.94. The van der Waals surface area contributed by atoms with E-state index in [-0.39, 0.29) is 37.0 Å². The van der Waals surface area contributed by atoms with Crippen LogP contribution in [0, 0.1) is 0 Å². The molecule has 1 aliphatic rings. The molecular formula is C13H24N2O3. The summed E-state index contributed by atoms with van der Waals surface area (Å²) in [7, 11) is 0. The van der Waals surface area contributed by atoms with Crippen molar-refractivity contribution >= 4 is 11.8 Å². The lowest BCUT2D eigenvalue weighted by Gasteiger charge is -2.35. The zero-order valence-corrected chi connectivity index (χ0v) is 11.4. The maximum absolute atomic E-state index is 12.1. The van der Waals surface area contributed by atoms with E-state index in [1.54, 1.807) is 4.90 Å². The molecule has 2 atom stereocenters. The predicted molar refractivity (Wildman–Crippen MR) is 68.9 cm³/mol. The molecule has 1 aliphatic heterocycles. The fourth-order valence-corrected chi connectivity index (χ4v) is 2.19. The molecule has 0 aromatic carbocycles. The smallest absolute Gasteiger partial charge is 0.248 e. The van der Waals surface area contributed by atoms with Gasteiger partial charge in [0.1, 0.15) is 6.61 Å². The van der Waals surface area contributed by atoms with Crippen molar-refractivity contribution < 1.29 is 14.3 Å². The molecule has 0 spiro atoms. The number of hydrogen-bond acceptors (Lipinski definition) is 3. The number of nitrogens with zero attached hydrogens (tertiary/aromatic N) is 1. The Kier molecular flexibility index (Phi) is 6.12. The normalized spacial score (nSPS) is 21.7.